The molecule has 1 saturated carbocycles. The monoisotopic (exact) mass is 348 g/mol. The van der Waals surface area contributed by atoms with Crippen LogP contribution < -0.4 is 14.2 Å². The topological polar surface area (TPSA) is 34.2 Å². The summed E-state index contributed by atoms with van der Waals surface area (Å²) >= 11 is 0. The van der Waals surface area contributed by atoms with E-state index in [1.165, 1.54) is 50.8 Å². The molecule has 0 radical (unpaired) electrons. The van der Waals surface area contributed by atoms with E-state index >= 15 is 0 Å². The van der Waals surface area contributed by atoms with Crippen molar-refractivity contribution < 1.29 is 14.2 Å². The number of piperazine rings is 1. The van der Waals surface area contributed by atoms with E-state index in [0.717, 1.165) is 37.2 Å². The highest BCUT2D eigenvalue weighted by Crippen LogP contribution is 2.38. The zero-order chi connectivity index (χ0) is 17.6. The van der Waals surface area contributed by atoms with Crippen molar-refractivity contribution >= 4 is 0 Å². The molecule has 0 bridgehead atoms. The Morgan fingerprint density at radius 2 is 1.44 bits per heavy atom. The minimum atomic E-state index is 0.663. The van der Waals surface area contributed by atoms with E-state index in [2.05, 4.69) is 21.9 Å². The number of rotatable bonds is 6. The van der Waals surface area contributed by atoms with Gasteiger partial charge < -0.3 is 14.2 Å². The number of nitrogens with zero attached hydrogens (tertiary/aromatic N) is 2. The van der Waals surface area contributed by atoms with Crippen LogP contribution in [0.4, 0.5) is 0 Å². The molecular formula is C20H32N2O3. The van der Waals surface area contributed by atoms with E-state index in [4.69, 9.17) is 14.2 Å². The highest BCUT2D eigenvalue weighted by molar-refractivity contribution is 5.53. The van der Waals surface area contributed by atoms with Gasteiger partial charge in [-0.3, -0.25) is 9.80 Å². The highest BCUT2D eigenvalue weighted by Gasteiger charge is 2.25. The van der Waals surface area contributed by atoms with Crippen molar-refractivity contribution in [2.45, 2.75) is 44.7 Å². The molecule has 140 valence electrons. The molecular weight excluding hydrogens is 316 g/mol. The third kappa shape index (κ3) is 4.39. The van der Waals surface area contributed by atoms with E-state index in [1.807, 2.05) is 0 Å². The Kier molecular flexibility index (Phi) is 6.43. The fourth-order valence-electron chi connectivity index (χ4n) is 4.22. The Morgan fingerprint density at radius 1 is 0.840 bits per heavy atom. The molecule has 0 amide bonds. The first-order valence-electron chi connectivity index (χ1n) is 9.50. The van der Waals surface area contributed by atoms with Crippen molar-refractivity contribution in [2.75, 3.05) is 47.5 Å². The van der Waals surface area contributed by atoms with Crippen LogP contribution in [0.3, 0.4) is 0 Å². The summed E-state index contributed by atoms with van der Waals surface area (Å²) in [4.78, 5) is 5.24. The van der Waals surface area contributed by atoms with Gasteiger partial charge in [-0.15, -0.1) is 0 Å². The van der Waals surface area contributed by atoms with Crippen molar-refractivity contribution in [3.8, 4) is 17.2 Å². The standard InChI is InChI=1S/C20H32N2O3/c1-23-18-13-16(14-19(24-2)20(18)25-3)15-21-9-11-22(12-10-21)17-7-5-4-6-8-17/h13-14,17H,4-12,15H2,1-3H3. The van der Waals surface area contributed by atoms with Gasteiger partial charge in [0.05, 0.1) is 21.3 Å². The van der Waals surface area contributed by atoms with Gasteiger partial charge in [0.1, 0.15) is 0 Å². The van der Waals surface area contributed by atoms with Crippen LogP contribution in [-0.2, 0) is 6.54 Å². The molecule has 0 N–H and O–H groups in total. The molecule has 5 heteroatoms. The van der Waals surface area contributed by atoms with Crippen molar-refractivity contribution in [1.29, 1.82) is 0 Å². The first kappa shape index (κ1) is 18.3. The second-order valence-corrected chi connectivity index (χ2v) is 7.14. The molecule has 0 aromatic heterocycles. The van der Waals surface area contributed by atoms with Crippen molar-refractivity contribution in [3.05, 3.63) is 17.7 Å². The zero-order valence-electron chi connectivity index (χ0n) is 15.9. The molecule has 5 nitrogen and oxygen atoms in total. The SMILES string of the molecule is COc1cc(CN2CCN(C3CCCCC3)CC2)cc(OC)c1OC. The summed E-state index contributed by atoms with van der Waals surface area (Å²) in [6.07, 6.45) is 7.05. The van der Waals surface area contributed by atoms with Crippen LogP contribution in [-0.4, -0.2) is 63.4 Å². The lowest BCUT2D eigenvalue weighted by atomic mass is 9.94. The maximum atomic E-state index is 5.47. The predicted octanol–water partition coefficient (Wildman–Crippen LogP) is 3.16. The molecule has 1 aromatic carbocycles. The number of methoxy groups -OCH3 is 3. The van der Waals surface area contributed by atoms with Crippen LogP contribution in [0.5, 0.6) is 17.2 Å². The fourth-order valence-corrected chi connectivity index (χ4v) is 4.22. The summed E-state index contributed by atoms with van der Waals surface area (Å²) < 4.78 is 16.4. The molecule has 0 spiro atoms. The molecule has 1 saturated heterocycles. The van der Waals surface area contributed by atoms with Gasteiger partial charge in [-0.2, -0.15) is 0 Å². The second kappa shape index (κ2) is 8.77. The molecule has 2 fully saturated rings. The maximum absolute atomic E-state index is 5.47. The second-order valence-electron chi connectivity index (χ2n) is 7.14. The van der Waals surface area contributed by atoms with Crippen molar-refractivity contribution in [1.82, 2.24) is 9.80 Å². The Morgan fingerprint density at radius 3 is 1.96 bits per heavy atom. The van der Waals surface area contributed by atoms with Gasteiger partial charge in [0, 0.05) is 38.8 Å². The van der Waals surface area contributed by atoms with Crippen molar-refractivity contribution in [3.63, 3.8) is 0 Å². The Labute approximate surface area is 151 Å². The summed E-state index contributed by atoms with van der Waals surface area (Å²) in [5, 5.41) is 0. The van der Waals surface area contributed by atoms with Crippen LogP contribution in [0, 0.1) is 0 Å². The number of hydrogen-bond acceptors (Lipinski definition) is 5. The fraction of sp³-hybridized carbons (Fsp3) is 0.700. The van der Waals surface area contributed by atoms with E-state index in [0.29, 0.717) is 5.75 Å². The quantitative estimate of drug-likeness (QED) is 0.789. The van der Waals surface area contributed by atoms with Gasteiger partial charge in [0.25, 0.3) is 0 Å². The molecule has 3 rings (SSSR count). The van der Waals surface area contributed by atoms with Gasteiger partial charge in [-0.25, -0.2) is 0 Å². The number of ether oxygens (including phenoxy) is 3. The van der Waals surface area contributed by atoms with E-state index < -0.39 is 0 Å². The normalized spacial score (nSPS) is 20.4. The van der Waals surface area contributed by atoms with Crippen LogP contribution >= 0.6 is 0 Å². The van der Waals surface area contributed by atoms with Gasteiger partial charge in [-0.1, -0.05) is 19.3 Å². The smallest absolute Gasteiger partial charge is 0.203 e. The molecule has 1 aliphatic carbocycles. The summed E-state index contributed by atoms with van der Waals surface area (Å²) in [5.41, 5.74) is 1.21. The van der Waals surface area contributed by atoms with Crippen LogP contribution in [0.25, 0.3) is 0 Å². The average Bonchev–Trinajstić information content (AvgIpc) is 2.68. The first-order valence-corrected chi connectivity index (χ1v) is 9.50. The van der Waals surface area contributed by atoms with Gasteiger partial charge in [0.15, 0.2) is 11.5 Å². The van der Waals surface area contributed by atoms with Gasteiger partial charge in [-0.05, 0) is 30.5 Å². The minimum absolute atomic E-state index is 0.663. The lowest BCUT2D eigenvalue weighted by molar-refractivity contribution is 0.0754. The molecule has 1 heterocycles. The largest absolute Gasteiger partial charge is 0.493 e. The lowest BCUT2D eigenvalue weighted by Crippen LogP contribution is -2.50. The third-order valence-electron chi connectivity index (χ3n) is 5.63. The maximum Gasteiger partial charge on any atom is 0.203 e. The van der Waals surface area contributed by atoms with E-state index in [-0.39, 0.29) is 0 Å². The molecule has 0 atom stereocenters. The highest BCUT2D eigenvalue weighted by atomic mass is 16.5. The molecule has 0 unspecified atom stereocenters. The number of benzene rings is 1. The van der Waals surface area contributed by atoms with Crippen LogP contribution in [0.1, 0.15) is 37.7 Å². The summed E-state index contributed by atoms with van der Waals surface area (Å²) in [5.74, 6) is 2.13. The van der Waals surface area contributed by atoms with Crippen molar-refractivity contribution in [2.24, 2.45) is 0 Å². The van der Waals surface area contributed by atoms with Gasteiger partial charge >= 0.3 is 0 Å². The zero-order valence-corrected chi connectivity index (χ0v) is 15.9. The molecule has 2 aliphatic rings. The van der Waals surface area contributed by atoms with Crippen LogP contribution in [0.2, 0.25) is 0 Å². The summed E-state index contributed by atoms with van der Waals surface area (Å²) in [7, 11) is 4.98. The molecule has 1 aliphatic heterocycles. The lowest BCUT2D eigenvalue weighted by Gasteiger charge is -2.40. The summed E-state index contributed by atoms with van der Waals surface area (Å²) in [6, 6.07) is 4.96. The third-order valence-corrected chi connectivity index (χ3v) is 5.63. The Balaban J connectivity index is 1.60. The van der Waals surface area contributed by atoms with E-state index in [1.54, 1.807) is 21.3 Å². The first-order chi connectivity index (χ1) is 12.2. The Bertz CT molecular complexity index is 525. The summed E-state index contributed by atoms with van der Waals surface area (Å²) in [6.45, 7) is 5.57. The van der Waals surface area contributed by atoms with Gasteiger partial charge in [0.2, 0.25) is 5.75 Å². The molecule has 25 heavy (non-hydrogen) atoms. The minimum Gasteiger partial charge on any atom is -0.493 e. The average molecular weight is 348 g/mol. The molecule has 1 aromatic rings. The van der Waals surface area contributed by atoms with E-state index in [9.17, 15) is 0 Å². The number of hydrogen-bond donors (Lipinski definition) is 0. The Hall–Kier alpha value is -1.46. The van der Waals surface area contributed by atoms with Crippen LogP contribution in [0.15, 0.2) is 12.1 Å². The predicted molar refractivity (Wildman–Crippen MR) is 99.8 cm³/mol.